The van der Waals surface area contributed by atoms with E-state index < -0.39 is 0 Å². The Bertz CT molecular complexity index is 798. The standard InChI is InChI=1S/C18H13ClOS/c19-16-7-3-6-15(10-16)18(20)12-21-17-9-8-13-4-1-2-5-14(13)11-17/h1-11H,12H2. The summed E-state index contributed by atoms with van der Waals surface area (Å²) in [5.41, 5.74) is 0.663. The van der Waals surface area contributed by atoms with Crippen molar-refractivity contribution in [3.8, 4) is 0 Å². The number of halogens is 1. The van der Waals surface area contributed by atoms with Gasteiger partial charge in [-0.3, -0.25) is 4.79 Å². The molecule has 0 saturated carbocycles. The fraction of sp³-hybridized carbons (Fsp3) is 0.0556. The third-order valence-electron chi connectivity index (χ3n) is 3.24. The van der Waals surface area contributed by atoms with Gasteiger partial charge in [0.05, 0.1) is 5.75 Å². The normalized spacial score (nSPS) is 10.7. The minimum atomic E-state index is 0.0932. The van der Waals surface area contributed by atoms with E-state index in [1.54, 1.807) is 36.0 Å². The number of benzene rings is 3. The van der Waals surface area contributed by atoms with Gasteiger partial charge in [-0.25, -0.2) is 0 Å². The summed E-state index contributed by atoms with van der Waals surface area (Å²) in [5.74, 6) is 0.509. The van der Waals surface area contributed by atoms with Gasteiger partial charge in [-0.05, 0) is 35.0 Å². The first kappa shape index (κ1) is 14.2. The zero-order chi connectivity index (χ0) is 14.7. The zero-order valence-corrected chi connectivity index (χ0v) is 12.8. The maximum Gasteiger partial charge on any atom is 0.173 e. The Kier molecular flexibility index (Phi) is 4.28. The molecule has 0 radical (unpaired) electrons. The van der Waals surface area contributed by atoms with E-state index in [4.69, 9.17) is 11.6 Å². The molecule has 0 unspecified atom stereocenters. The molecule has 0 bridgehead atoms. The Morgan fingerprint density at radius 2 is 1.71 bits per heavy atom. The molecule has 0 atom stereocenters. The van der Waals surface area contributed by atoms with Crippen LogP contribution in [0, 0.1) is 0 Å². The topological polar surface area (TPSA) is 17.1 Å². The minimum Gasteiger partial charge on any atom is -0.293 e. The van der Waals surface area contributed by atoms with E-state index in [1.165, 1.54) is 10.8 Å². The monoisotopic (exact) mass is 312 g/mol. The van der Waals surface area contributed by atoms with Crippen LogP contribution in [0.4, 0.5) is 0 Å². The van der Waals surface area contributed by atoms with Gasteiger partial charge in [0.15, 0.2) is 5.78 Å². The van der Waals surface area contributed by atoms with Crippen molar-refractivity contribution in [2.75, 3.05) is 5.75 Å². The van der Waals surface area contributed by atoms with Gasteiger partial charge in [0.1, 0.15) is 0 Å². The van der Waals surface area contributed by atoms with Gasteiger partial charge in [0.2, 0.25) is 0 Å². The number of carbonyl (C=O) groups excluding carboxylic acids is 1. The summed E-state index contributed by atoms with van der Waals surface area (Å²) in [6.45, 7) is 0. The van der Waals surface area contributed by atoms with Crippen LogP contribution in [0.1, 0.15) is 10.4 Å². The van der Waals surface area contributed by atoms with Gasteiger partial charge in [0.25, 0.3) is 0 Å². The molecule has 21 heavy (non-hydrogen) atoms. The molecule has 0 amide bonds. The zero-order valence-electron chi connectivity index (χ0n) is 11.3. The Morgan fingerprint density at radius 3 is 2.52 bits per heavy atom. The highest BCUT2D eigenvalue weighted by Gasteiger charge is 2.07. The van der Waals surface area contributed by atoms with Crippen LogP contribution in [0.3, 0.4) is 0 Å². The molecule has 1 nitrogen and oxygen atoms in total. The molecule has 3 heteroatoms. The van der Waals surface area contributed by atoms with Crippen molar-refractivity contribution in [3.63, 3.8) is 0 Å². The van der Waals surface area contributed by atoms with Crippen molar-refractivity contribution >= 4 is 39.9 Å². The lowest BCUT2D eigenvalue weighted by Crippen LogP contribution is -2.01. The van der Waals surface area contributed by atoms with E-state index in [2.05, 4.69) is 30.3 Å². The van der Waals surface area contributed by atoms with Crippen molar-refractivity contribution in [1.29, 1.82) is 0 Å². The summed E-state index contributed by atoms with van der Waals surface area (Å²) < 4.78 is 0. The highest BCUT2D eigenvalue weighted by molar-refractivity contribution is 8.00. The number of carbonyl (C=O) groups is 1. The second kappa shape index (κ2) is 6.33. The lowest BCUT2D eigenvalue weighted by Gasteiger charge is -2.04. The Balaban J connectivity index is 1.72. The number of hydrogen-bond acceptors (Lipinski definition) is 2. The molecule has 104 valence electrons. The van der Waals surface area contributed by atoms with Crippen LogP contribution in [0.25, 0.3) is 10.8 Å². The average molecular weight is 313 g/mol. The fourth-order valence-electron chi connectivity index (χ4n) is 2.15. The van der Waals surface area contributed by atoms with Crippen LogP contribution in [0.2, 0.25) is 5.02 Å². The number of thioether (sulfide) groups is 1. The second-order valence-electron chi connectivity index (χ2n) is 4.73. The van der Waals surface area contributed by atoms with Crippen LogP contribution in [0.5, 0.6) is 0 Å². The molecule has 0 spiro atoms. The number of Topliss-reactive ketones (excluding diaryl/α,β-unsaturated/α-hetero) is 1. The Morgan fingerprint density at radius 1 is 0.905 bits per heavy atom. The van der Waals surface area contributed by atoms with Crippen LogP contribution < -0.4 is 0 Å². The molecule has 0 aliphatic rings. The molecule has 3 aromatic rings. The maximum atomic E-state index is 12.2. The van der Waals surface area contributed by atoms with Gasteiger partial charge in [-0.1, -0.05) is 54.1 Å². The molecule has 0 aliphatic carbocycles. The van der Waals surface area contributed by atoms with Crippen molar-refractivity contribution in [2.45, 2.75) is 4.90 Å². The van der Waals surface area contributed by atoms with Crippen molar-refractivity contribution in [3.05, 3.63) is 77.3 Å². The van der Waals surface area contributed by atoms with E-state index in [0.29, 0.717) is 16.3 Å². The van der Waals surface area contributed by atoms with Gasteiger partial charge in [0, 0.05) is 15.5 Å². The maximum absolute atomic E-state index is 12.2. The lowest BCUT2D eigenvalue weighted by molar-refractivity contribution is 0.102. The number of ketones is 1. The van der Waals surface area contributed by atoms with E-state index in [0.717, 1.165) is 4.90 Å². The molecule has 3 aromatic carbocycles. The van der Waals surface area contributed by atoms with Crippen LogP contribution >= 0.6 is 23.4 Å². The Hall–Kier alpha value is -1.77. The van der Waals surface area contributed by atoms with Gasteiger partial charge < -0.3 is 0 Å². The minimum absolute atomic E-state index is 0.0932. The molecule has 0 fully saturated rings. The molecule has 0 aromatic heterocycles. The van der Waals surface area contributed by atoms with E-state index >= 15 is 0 Å². The number of hydrogen-bond donors (Lipinski definition) is 0. The van der Waals surface area contributed by atoms with Gasteiger partial charge >= 0.3 is 0 Å². The van der Waals surface area contributed by atoms with E-state index in [1.807, 2.05) is 12.1 Å². The van der Waals surface area contributed by atoms with E-state index in [-0.39, 0.29) is 5.78 Å². The van der Waals surface area contributed by atoms with Gasteiger partial charge in [-0.15, -0.1) is 11.8 Å². The molecule has 0 aliphatic heterocycles. The van der Waals surface area contributed by atoms with E-state index in [9.17, 15) is 4.79 Å². The first-order chi connectivity index (χ1) is 10.2. The molecule has 0 saturated heterocycles. The Labute approximate surface area is 132 Å². The summed E-state index contributed by atoms with van der Waals surface area (Å²) in [4.78, 5) is 13.3. The molecular weight excluding hydrogens is 300 g/mol. The third-order valence-corrected chi connectivity index (χ3v) is 4.47. The smallest absolute Gasteiger partial charge is 0.173 e. The summed E-state index contributed by atoms with van der Waals surface area (Å²) >= 11 is 7.46. The molecule has 0 heterocycles. The second-order valence-corrected chi connectivity index (χ2v) is 6.22. The summed E-state index contributed by atoms with van der Waals surface area (Å²) in [5, 5.41) is 3.00. The largest absolute Gasteiger partial charge is 0.293 e. The first-order valence-corrected chi connectivity index (χ1v) is 7.99. The first-order valence-electron chi connectivity index (χ1n) is 6.63. The fourth-order valence-corrected chi connectivity index (χ4v) is 3.18. The highest BCUT2D eigenvalue weighted by Crippen LogP contribution is 2.24. The summed E-state index contributed by atoms with van der Waals surface area (Å²) in [7, 11) is 0. The van der Waals surface area contributed by atoms with Crippen molar-refractivity contribution in [2.24, 2.45) is 0 Å². The number of fused-ring (bicyclic) bond motifs is 1. The summed E-state index contributed by atoms with van der Waals surface area (Å²) in [6, 6.07) is 21.6. The predicted molar refractivity (Wildman–Crippen MR) is 90.5 cm³/mol. The van der Waals surface area contributed by atoms with Crippen molar-refractivity contribution in [1.82, 2.24) is 0 Å². The average Bonchev–Trinajstić information content (AvgIpc) is 2.52. The van der Waals surface area contributed by atoms with Crippen LogP contribution in [-0.4, -0.2) is 11.5 Å². The molecular formula is C18H13ClOS. The molecule has 3 rings (SSSR count). The summed E-state index contributed by atoms with van der Waals surface area (Å²) in [6.07, 6.45) is 0. The predicted octanol–water partition coefficient (Wildman–Crippen LogP) is 5.47. The van der Waals surface area contributed by atoms with Gasteiger partial charge in [-0.2, -0.15) is 0 Å². The lowest BCUT2D eigenvalue weighted by atomic mass is 10.1. The van der Waals surface area contributed by atoms with Crippen molar-refractivity contribution < 1.29 is 4.79 Å². The highest BCUT2D eigenvalue weighted by atomic mass is 35.5. The SMILES string of the molecule is O=C(CSc1ccc2ccccc2c1)c1cccc(Cl)c1. The quantitative estimate of drug-likeness (QED) is 0.469. The number of rotatable bonds is 4. The van der Waals surface area contributed by atoms with Crippen LogP contribution in [-0.2, 0) is 0 Å². The van der Waals surface area contributed by atoms with Crippen LogP contribution in [0.15, 0.2) is 71.6 Å². The molecule has 0 N–H and O–H groups in total. The third kappa shape index (κ3) is 3.46.